The summed E-state index contributed by atoms with van der Waals surface area (Å²) >= 11 is 5.99. The smallest absolute Gasteiger partial charge is 0.324 e. The van der Waals surface area contributed by atoms with Gasteiger partial charge in [-0.25, -0.2) is 14.3 Å². The van der Waals surface area contributed by atoms with Crippen LogP contribution in [0.25, 0.3) is 11.2 Å². The van der Waals surface area contributed by atoms with E-state index in [4.69, 9.17) is 11.6 Å². The van der Waals surface area contributed by atoms with Crippen molar-refractivity contribution in [3.8, 4) is 0 Å². The average molecular weight is 480 g/mol. The summed E-state index contributed by atoms with van der Waals surface area (Å²) in [6, 6.07) is 14.5. The van der Waals surface area contributed by atoms with E-state index in [1.54, 1.807) is 29.1 Å². The molecule has 2 aromatic heterocycles. The molecule has 0 saturated carbocycles. The van der Waals surface area contributed by atoms with Crippen LogP contribution in [-0.4, -0.2) is 24.6 Å². The molecule has 0 saturated heterocycles. The van der Waals surface area contributed by atoms with Gasteiger partial charge in [0.1, 0.15) is 6.54 Å². The van der Waals surface area contributed by atoms with Crippen molar-refractivity contribution in [1.29, 1.82) is 0 Å². The molecule has 0 fully saturated rings. The Hall–Kier alpha value is -3.65. The third-order valence-corrected chi connectivity index (χ3v) is 5.73. The van der Waals surface area contributed by atoms with Gasteiger partial charge < -0.3 is 9.88 Å². The highest BCUT2D eigenvalue weighted by Gasteiger charge is 2.20. The summed E-state index contributed by atoms with van der Waals surface area (Å²) in [4.78, 5) is 44.1. The van der Waals surface area contributed by atoms with Gasteiger partial charge in [0.2, 0.25) is 5.91 Å². The topological polar surface area (TPSA) is 90.9 Å². The number of imidazole rings is 1. The third kappa shape index (κ3) is 4.82. The molecule has 1 amide bonds. The van der Waals surface area contributed by atoms with Crippen LogP contribution >= 0.6 is 11.6 Å². The van der Waals surface area contributed by atoms with Crippen molar-refractivity contribution in [1.82, 2.24) is 18.7 Å². The van der Waals surface area contributed by atoms with Gasteiger partial charge in [0.25, 0.3) is 5.56 Å². The molecule has 9 heteroatoms. The number of anilines is 1. The SMILES string of the molecule is Cc1cc(Cl)ccc1NC(=O)Cn1c(=O)c2c(ncn2CC(C)C)n(Cc2ccccc2)c1=O. The Kier molecular flexibility index (Phi) is 6.70. The fourth-order valence-corrected chi connectivity index (χ4v) is 4.15. The molecule has 0 aliphatic carbocycles. The van der Waals surface area contributed by atoms with Gasteiger partial charge in [0, 0.05) is 17.3 Å². The number of benzene rings is 2. The van der Waals surface area contributed by atoms with Crippen molar-refractivity contribution in [2.75, 3.05) is 5.32 Å². The molecule has 1 N–H and O–H groups in total. The number of rotatable bonds is 7. The van der Waals surface area contributed by atoms with Gasteiger partial charge in [0.15, 0.2) is 11.2 Å². The molecule has 2 aromatic carbocycles. The lowest BCUT2D eigenvalue weighted by Crippen LogP contribution is -2.43. The highest BCUT2D eigenvalue weighted by atomic mass is 35.5. The zero-order valence-corrected chi connectivity index (χ0v) is 20.0. The van der Waals surface area contributed by atoms with Crippen LogP contribution in [0, 0.1) is 12.8 Å². The number of fused-ring (bicyclic) bond motifs is 1. The Morgan fingerprint density at radius 3 is 2.50 bits per heavy atom. The molecular formula is C25H26ClN5O3. The molecule has 0 aliphatic rings. The molecule has 0 aliphatic heterocycles. The average Bonchev–Trinajstić information content (AvgIpc) is 3.20. The molecule has 0 unspecified atom stereocenters. The summed E-state index contributed by atoms with van der Waals surface area (Å²) < 4.78 is 4.18. The summed E-state index contributed by atoms with van der Waals surface area (Å²) in [5, 5.41) is 3.33. The zero-order valence-electron chi connectivity index (χ0n) is 19.3. The maximum Gasteiger partial charge on any atom is 0.333 e. The van der Waals surface area contributed by atoms with Gasteiger partial charge in [-0.2, -0.15) is 0 Å². The van der Waals surface area contributed by atoms with Crippen molar-refractivity contribution in [3.05, 3.63) is 91.8 Å². The van der Waals surface area contributed by atoms with Crippen molar-refractivity contribution >= 4 is 34.4 Å². The number of hydrogen-bond donors (Lipinski definition) is 1. The first-order valence-electron chi connectivity index (χ1n) is 11.0. The minimum Gasteiger partial charge on any atom is -0.324 e. The molecule has 0 bridgehead atoms. The maximum absolute atomic E-state index is 13.4. The number of aryl methyl sites for hydroxylation is 1. The molecule has 0 spiro atoms. The second-order valence-corrected chi connectivity index (χ2v) is 9.15. The lowest BCUT2D eigenvalue weighted by molar-refractivity contribution is -0.116. The van der Waals surface area contributed by atoms with Gasteiger partial charge in [-0.05, 0) is 42.2 Å². The third-order valence-electron chi connectivity index (χ3n) is 5.49. The Morgan fingerprint density at radius 1 is 1.09 bits per heavy atom. The second kappa shape index (κ2) is 9.69. The second-order valence-electron chi connectivity index (χ2n) is 8.72. The summed E-state index contributed by atoms with van der Waals surface area (Å²) in [7, 11) is 0. The summed E-state index contributed by atoms with van der Waals surface area (Å²) in [6.45, 7) is 6.26. The number of halogens is 1. The Balaban J connectivity index is 1.79. The Labute approximate surface area is 201 Å². The van der Waals surface area contributed by atoms with E-state index in [1.807, 2.05) is 51.1 Å². The van der Waals surface area contributed by atoms with Gasteiger partial charge in [-0.1, -0.05) is 55.8 Å². The first-order chi connectivity index (χ1) is 16.2. The van der Waals surface area contributed by atoms with E-state index in [0.717, 1.165) is 15.7 Å². The van der Waals surface area contributed by atoms with Crippen molar-refractivity contribution in [2.45, 2.75) is 40.4 Å². The van der Waals surface area contributed by atoms with Gasteiger partial charge >= 0.3 is 5.69 Å². The van der Waals surface area contributed by atoms with Crippen LogP contribution in [0.5, 0.6) is 0 Å². The highest BCUT2D eigenvalue weighted by Crippen LogP contribution is 2.19. The van der Waals surface area contributed by atoms with Crippen LogP contribution in [0.4, 0.5) is 5.69 Å². The van der Waals surface area contributed by atoms with Gasteiger partial charge in [-0.15, -0.1) is 0 Å². The van der Waals surface area contributed by atoms with E-state index in [-0.39, 0.29) is 12.5 Å². The number of carbonyl (C=O) groups excluding carboxylic acids is 1. The number of carbonyl (C=O) groups is 1. The fourth-order valence-electron chi connectivity index (χ4n) is 3.92. The fraction of sp³-hybridized carbons (Fsp3) is 0.280. The van der Waals surface area contributed by atoms with Crippen LogP contribution in [-0.2, 0) is 24.4 Å². The number of nitrogens with one attached hydrogen (secondary N) is 1. The van der Waals surface area contributed by atoms with Gasteiger partial charge in [0.05, 0.1) is 12.9 Å². The van der Waals surface area contributed by atoms with Crippen LogP contribution in [0.3, 0.4) is 0 Å². The van der Waals surface area contributed by atoms with E-state index in [9.17, 15) is 14.4 Å². The molecule has 0 atom stereocenters. The lowest BCUT2D eigenvalue weighted by atomic mass is 10.2. The quantitative estimate of drug-likeness (QED) is 0.438. The van der Waals surface area contributed by atoms with Crippen LogP contribution < -0.4 is 16.6 Å². The number of nitrogens with zero attached hydrogens (tertiary/aromatic N) is 4. The van der Waals surface area contributed by atoms with Crippen molar-refractivity contribution in [3.63, 3.8) is 0 Å². The highest BCUT2D eigenvalue weighted by molar-refractivity contribution is 6.30. The predicted octanol–water partition coefficient (Wildman–Crippen LogP) is 3.66. The zero-order chi connectivity index (χ0) is 24.4. The molecule has 0 radical (unpaired) electrons. The Morgan fingerprint density at radius 2 is 1.82 bits per heavy atom. The molecule has 176 valence electrons. The van der Waals surface area contributed by atoms with E-state index in [2.05, 4.69) is 10.3 Å². The van der Waals surface area contributed by atoms with Crippen molar-refractivity contribution < 1.29 is 4.79 Å². The standard InChI is InChI=1S/C25H26ClN5O3/c1-16(2)12-29-15-27-23-22(29)24(33)31(25(34)30(23)13-18-7-5-4-6-8-18)14-21(32)28-20-10-9-19(26)11-17(20)3/h4-11,15-16H,12-14H2,1-3H3,(H,28,32). The molecule has 4 aromatic rings. The number of amides is 1. The van der Waals surface area contributed by atoms with Crippen molar-refractivity contribution in [2.24, 2.45) is 5.92 Å². The normalized spacial score (nSPS) is 11.3. The van der Waals surface area contributed by atoms with Crippen LogP contribution in [0.15, 0.2) is 64.4 Å². The molecular weight excluding hydrogens is 454 g/mol. The molecule has 8 nitrogen and oxygen atoms in total. The van der Waals surface area contributed by atoms with E-state index in [0.29, 0.717) is 28.4 Å². The number of hydrogen-bond acceptors (Lipinski definition) is 4. The first-order valence-corrected chi connectivity index (χ1v) is 11.4. The first kappa shape index (κ1) is 23.5. The molecule has 2 heterocycles. The minimum absolute atomic E-state index is 0.229. The molecule has 34 heavy (non-hydrogen) atoms. The molecule has 4 rings (SSSR count). The maximum atomic E-state index is 13.4. The van der Waals surface area contributed by atoms with Gasteiger partial charge in [-0.3, -0.25) is 14.2 Å². The lowest BCUT2D eigenvalue weighted by Gasteiger charge is -2.14. The predicted molar refractivity (Wildman–Crippen MR) is 133 cm³/mol. The van der Waals surface area contributed by atoms with Crippen LogP contribution in [0.1, 0.15) is 25.0 Å². The Bertz CT molecular complexity index is 1470. The number of aromatic nitrogens is 4. The van der Waals surface area contributed by atoms with Crippen LogP contribution in [0.2, 0.25) is 5.02 Å². The van der Waals surface area contributed by atoms with E-state index < -0.39 is 23.7 Å². The summed E-state index contributed by atoms with van der Waals surface area (Å²) in [6.07, 6.45) is 1.58. The summed E-state index contributed by atoms with van der Waals surface area (Å²) in [5.41, 5.74) is 1.72. The monoisotopic (exact) mass is 479 g/mol. The summed E-state index contributed by atoms with van der Waals surface area (Å²) in [5.74, 6) is -0.221. The largest absolute Gasteiger partial charge is 0.333 e. The minimum atomic E-state index is -0.584. The van der Waals surface area contributed by atoms with E-state index in [1.165, 1.54) is 4.57 Å². The van der Waals surface area contributed by atoms with E-state index >= 15 is 0 Å².